The SMILES string of the molecule is O=C1C/C=c2\cccc\c2=N/c2ncnc3c2C2=C(CN23)/N=C/C=C/N=C\C=N/1. The molecule has 4 heterocycles. The second-order valence-electron chi connectivity index (χ2n) is 6.45. The molecule has 1 amide bonds. The molecule has 0 atom stereocenters. The number of anilines is 1. The minimum Gasteiger partial charge on any atom is -0.317 e. The van der Waals surface area contributed by atoms with Crippen molar-refractivity contribution in [1.82, 2.24) is 9.97 Å². The predicted molar refractivity (Wildman–Crippen MR) is 112 cm³/mol. The highest BCUT2D eigenvalue weighted by Gasteiger charge is 2.43. The van der Waals surface area contributed by atoms with Crippen LogP contribution in [-0.2, 0) is 4.79 Å². The molecule has 3 aliphatic heterocycles. The van der Waals surface area contributed by atoms with Crippen molar-refractivity contribution in [3.63, 3.8) is 0 Å². The molecule has 0 aliphatic carbocycles. The van der Waals surface area contributed by atoms with Crippen molar-refractivity contribution >= 4 is 48.0 Å². The van der Waals surface area contributed by atoms with E-state index in [0.29, 0.717) is 12.4 Å². The van der Waals surface area contributed by atoms with Crippen molar-refractivity contribution in [2.75, 3.05) is 11.4 Å². The van der Waals surface area contributed by atoms with Gasteiger partial charge in [0.25, 0.3) is 0 Å². The van der Waals surface area contributed by atoms with Crippen LogP contribution in [0.3, 0.4) is 0 Å². The van der Waals surface area contributed by atoms with Crippen molar-refractivity contribution in [3.05, 3.63) is 64.7 Å². The van der Waals surface area contributed by atoms with Crippen LogP contribution >= 0.6 is 0 Å². The summed E-state index contributed by atoms with van der Waals surface area (Å²) < 4.78 is 0. The zero-order valence-electron chi connectivity index (χ0n) is 15.3. The van der Waals surface area contributed by atoms with Crippen LogP contribution in [0.15, 0.2) is 68.5 Å². The fourth-order valence-corrected chi connectivity index (χ4v) is 3.30. The molecular formula is C21H15N7O. The Hall–Kier alpha value is -4.07. The number of nitrogens with zero attached hydrogens (tertiary/aromatic N) is 7. The molecule has 0 bridgehead atoms. The van der Waals surface area contributed by atoms with Crippen LogP contribution in [0.2, 0.25) is 0 Å². The number of aromatic nitrogens is 2. The first-order valence-electron chi connectivity index (χ1n) is 9.09. The van der Waals surface area contributed by atoms with E-state index < -0.39 is 0 Å². The Labute approximate surface area is 165 Å². The topological polar surface area (TPSA) is 95.5 Å². The molecule has 1 aromatic carbocycles. The lowest BCUT2D eigenvalue weighted by Crippen LogP contribution is -2.43. The monoisotopic (exact) mass is 381 g/mol. The maximum absolute atomic E-state index is 12.0. The number of para-hydroxylation sites is 1. The van der Waals surface area contributed by atoms with Gasteiger partial charge >= 0.3 is 0 Å². The quantitative estimate of drug-likeness (QED) is 0.688. The van der Waals surface area contributed by atoms with Crippen molar-refractivity contribution < 1.29 is 4.79 Å². The first-order chi connectivity index (χ1) is 14.3. The Bertz CT molecular complexity index is 1280. The Morgan fingerprint density at radius 1 is 1.00 bits per heavy atom. The number of hydrogen-bond donors (Lipinski definition) is 0. The molecule has 8 heteroatoms. The molecule has 29 heavy (non-hydrogen) atoms. The number of fused-ring (bicyclic) bond motifs is 2. The average molecular weight is 381 g/mol. The Morgan fingerprint density at radius 3 is 2.90 bits per heavy atom. The molecule has 0 radical (unpaired) electrons. The Kier molecular flexibility index (Phi) is 4.21. The molecule has 8 nitrogen and oxygen atoms in total. The van der Waals surface area contributed by atoms with E-state index in [1.807, 2.05) is 30.3 Å². The van der Waals surface area contributed by atoms with Gasteiger partial charge in [0.2, 0.25) is 5.91 Å². The van der Waals surface area contributed by atoms with Crippen molar-refractivity contribution in [3.8, 4) is 0 Å². The van der Waals surface area contributed by atoms with Gasteiger partial charge in [-0.1, -0.05) is 24.3 Å². The highest BCUT2D eigenvalue weighted by atomic mass is 16.1. The average Bonchev–Trinajstić information content (AvgIpc) is 2.71. The van der Waals surface area contributed by atoms with Crippen molar-refractivity contribution in [2.24, 2.45) is 20.0 Å². The van der Waals surface area contributed by atoms with Gasteiger partial charge in [-0.15, -0.1) is 0 Å². The minimum absolute atomic E-state index is 0.171. The van der Waals surface area contributed by atoms with E-state index in [2.05, 4.69) is 29.8 Å². The summed E-state index contributed by atoms with van der Waals surface area (Å²) in [5.74, 6) is 1.21. The van der Waals surface area contributed by atoms with E-state index in [1.54, 1.807) is 18.5 Å². The molecule has 2 aromatic rings. The minimum atomic E-state index is -0.260. The third kappa shape index (κ3) is 3.10. The lowest BCUT2D eigenvalue weighted by atomic mass is 9.94. The summed E-state index contributed by atoms with van der Waals surface area (Å²) in [6.07, 6.45) is 11.4. The first kappa shape index (κ1) is 17.1. The second kappa shape index (κ2) is 7.16. The van der Waals surface area contributed by atoms with Gasteiger partial charge in [-0.25, -0.2) is 20.0 Å². The second-order valence-corrected chi connectivity index (χ2v) is 6.45. The van der Waals surface area contributed by atoms with Gasteiger partial charge in [0.05, 0.1) is 28.9 Å². The standard InChI is InChI=1S/C21H15N7O/c29-17-7-6-14-4-1-2-5-15(14)27-20-18-19-16(12-28(19)21(18)26-13-25-20)23-9-3-8-22-10-11-24-17/h1-6,8-11,13H,7,12H2/b8-3+,14-6+,22-10-,23-9+,24-11-,27-15+. The number of aliphatic imine (C=N–C) groups is 3. The molecule has 1 aromatic heterocycles. The summed E-state index contributed by atoms with van der Waals surface area (Å²) in [5.41, 5.74) is 2.88. The van der Waals surface area contributed by atoms with E-state index in [-0.39, 0.29) is 12.3 Å². The third-order valence-corrected chi connectivity index (χ3v) is 4.67. The summed E-state index contributed by atoms with van der Waals surface area (Å²) in [6.45, 7) is 0.714. The lowest BCUT2D eigenvalue weighted by Gasteiger charge is -2.45. The Morgan fingerprint density at radius 2 is 1.93 bits per heavy atom. The van der Waals surface area contributed by atoms with Crippen molar-refractivity contribution in [2.45, 2.75) is 6.42 Å². The maximum atomic E-state index is 12.0. The number of rotatable bonds is 0. The van der Waals surface area contributed by atoms with Crippen LogP contribution in [0.4, 0.5) is 11.6 Å². The molecule has 0 saturated heterocycles. The molecule has 0 unspecified atom stereocenters. The fourth-order valence-electron chi connectivity index (χ4n) is 3.30. The zero-order chi connectivity index (χ0) is 19.6. The van der Waals surface area contributed by atoms with Crippen LogP contribution in [0.25, 0.3) is 11.8 Å². The van der Waals surface area contributed by atoms with E-state index in [1.165, 1.54) is 18.8 Å². The summed E-state index contributed by atoms with van der Waals surface area (Å²) in [4.78, 5) is 40.0. The highest BCUT2D eigenvalue weighted by molar-refractivity contribution is 6.19. The number of amides is 1. The summed E-state index contributed by atoms with van der Waals surface area (Å²) in [6, 6.07) is 7.63. The van der Waals surface area contributed by atoms with Crippen LogP contribution in [-0.4, -0.2) is 41.1 Å². The van der Waals surface area contributed by atoms with Crippen LogP contribution in [0, 0.1) is 0 Å². The smallest absolute Gasteiger partial charge is 0.249 e. The molecular weight excluding hydrogens is 366 g/mol. The number of allylic oxidation sites excluding steroid dienone is 1. The van der Waals surface area contributed by atoms with Crippen LogP contribution in [0.1, 0.15) is 12.0 Å². The molecule has 0 fully saturated rings. The molecule has 0 spiro atoms. The number of benzene rings is 1. The summed E-state index contributed by atoms with van der Waals surface area (Å²) in [7, 11) is 0. The van der Waals surface area contributed by atoms with Crippen LogP contribution in [0.5, 0.6) is 0 Å². The zero-order valence-corrected chi connectivity index (χ0v) is 15.3. The van der Waals surface area contributed by atoms with E-state index in [4.69, 9.17) is 4.99 Å². The highest BCUT2D eigenvalue weighted by Crippen LogP contribution is 2.52. The molecule has 0 saturated carbocycles. The lowest BCUT2D eigenvalue weighted by molar-refractivity contribution is -0.116. The normalized spacial score (nSPS) is 24.0. The molecule has 3 aliphatic rings. The summed E-state index contributed by atoms with van der Waals surface area (Å²) >= 11 is 0. The summed E-state index contributed by atoms with van der Waals surface area (Å²) in [5, 5.41) is 1.58. The van der Waals surface area contributed by atoms with Crippen molar-refractivity contribution in [1.29, 1.82) is 0 Å². The first-order valence-corrected chi connectivity index (χ1v) is 9.09. The fraction of sp³-hybridized carbons (Fsp3) is 0.0952. The van der Waals surface area contributed by atoms with Gasteiger partial charge in [0, 0.05) is 31.3 Å². The van der Waals surface area contributed by atoms with E-state index >= 15 is 0 Å². The van der Waals surface area contributed by atoms with Gasteiger partial charge in [-0.2, -0.15) is 0 Å². The Balaban J connectivity index is 1.67. The molecule has 5 rings (SSSR count). The molecule has 0 N–H and O–H groups in total. The van der Waals surface area contributed by atoms with Crippen LogP contribution < -0.4 is 15.5 Å². The van der Waals surface area contributed by atoms with Gasteiger partial charge in [0.15, 0.2) is 5.82 Å². The predicted octanol–water partition coefficient (Wildman–Crippen LogP) is 1.37. The van der Waals surface area contributed by atoms with Gasteiger partial charge in [-0.3, -0.25) is 14.8 Å². The number of carbonyl (C=O) groups is 1. The van der Waals surface area contributed by atoms with Gasteiger partial charge in [0.1, 0.15) is 12.1 Å². The van der Waals surface area contributed by atoms with E-state index in [9.17, 15) is 4.79 Å². The van der Waals surface area contributed by atoms with E-state index in [0.717, 1.165) is 33.4 Å². The molecule has 140 valence electrons. The van der Waals surface area contributed by atoms with Gasteiger partial charge < -0.3 is 4.90 Å². The maximum Gasteiger partial charge on any atom is 0.249 e. The largest absolute Gasteiger partial charge is 0.317 e. The van der Waals surface area contributed by atoms with Gasteiger partial charge in [-0.05, 0) is 17.4 Å². The third-order valence-electron chi connectivity index (χ3n) is 4.67. The number of hydrogen-bond acceptors (Lipinski definition) is 7. The number of carbonyl (C=O) groups excluding carboxylic acids is 1.